The first-order valence-electron chi connectivity index (χ1n) is 8.14. The van der Waals surface area contributed by atoms with E-state index in [1.54, 1.807) is 0 Å². The number of ether oxygens (including phenoxy) is 1. The van der Waals surface area contributed by atoms with Crippen molar-refractivity contribution in [3.05, 3.63) is 46.2 Å². The number of rotatable bonds is 6. The second kappa shape index (κ2) is 8.37. The van der Waals surface area contributed by atoms with Gasteiger partial charge in [0.15, 0.2) is 0 Å². The van der Waals surface area contributed by atoms with Crippen molar-refractivity contribution < 1.29 is 4.74 Å². The SMILES string of the molecule is N=C(c1ccc(Br)cc1)c1c(N)ncnc1NCCN1CCOCC1. The van der Waals surface area contributed by atoms with E-state index >= 15 is 0 Å². The summed E-state index contributed by atoms with van der Waals surface area (Å²) in [5.74, 6) is 0.894. The Morgan fingerprint density at radius 3 is 2.68 bits per heavy atom. The van der Waals surface area contributed by atoms with Gasteiger partial charge in [-0.2, -0.15) is 0 Å². The van der Waals surface area contributed by atoms with Crippen LogP contribution >= 0.6 is 15.9 Å². The molecule has 1 aliphatic heterocycles. The van der Waals surface area contributed by atoms with Crippen molar-refractivity contribution in [2.45, 2.75) is 0 Å². The van der Waals surface area contributed by atoms with Gasteiger partial charge in [-0.25, -0.2) is 9.97 Å². The van der Waals surface area contributed by atoms with E-state index in [-0.39, 0.29) is 0 Å². The number of aromatic nitrogens is 2. The number of halogens is 1. The Labute approximate surface area is 155 Å². The highest BCUT2D eigenvalue weighted by Gasteiger charge is 2.16. The second-order valence-corrected chi connectivity index (χ2v) is 6.66. The van der Waals surface area contributed by atoms with Crippen LogP contribution in [-0.2, 0) is 4.74 Å². The number of anilines is 2. The van der Waals surface area contributed by atoms with Gasteiger partial charge in [0.2, 0.25) is 0 Å². The molecule has 25 heavy (non-hydrogen) atoms. The van der Waals surface area contributed by atoms with E-state index in [0.29, 0.717) is 22.9 Å². The molecule has 8 heteroatoms. The van der Waals surface area contributed by atoms with Crippen molar-refractivity contribution >= 4 is 33.3 Å². The summed E-state index contributed by atoms with van der Waals surface area (Å²) < 4.78 is 6.32. The standard InChI is InChI=1S/C17H21BrN6O/c18-13-3-1-12(2-4-13)15(19)14-16(20)22-11-23-17(14)21-5-6-24-7-9-25-10-8-24/h1-4,11,19H,5-10H2,(H3,20,21,22,23). The van der Waals surface area contributed by atoms with E-state index in [1.807, 2.05) is 24.3 Å². The fourth-order valence-electron chi connectivity index (χ4n) is 2.70. The average molecular weight is 405 g/mol. The van der Waals surface area contributed by atoms with Crippen molar-refractivity contribution in [2.24, 2.45) is 0 Å². The minimum absolute atomic E-state index is 0.303. The Balaban J connectivity index is 1.72. The quantitative estimate of drug-likeness (QED) is 0.636. The second-order valence-electron chi connectivity index (χ2n) is 5.75. The van der Waals surface area contributed by atoms with Crippen LogP contribution in [0.25, 0.3) is 0 Å². The number of nitrogens with one attached hydrogen (secondary N) is 2. The molecular weight excluding hydrogens is 384 g/mol. The first kappa shape index (κ1) is 17.8. The molecule has 1 aromatic carbocycles. The summed E-state index contributed by atoms with van der Waals surface area (Å²) in [6.45, 7) is 5.04. The van der Waals surface area contributed by atoms with Crippen LogP contribution < -0.4 is 11.1 Å². The summed E-state index contributed by atoms with van der Waals surface area (Å²) in [6, 6.07) is 7.54. The van der Waals surface area contributed by atoms with E-state index < -0.39 is 0 Å². The van der Waals surface area contributed by atoms with Gasteiger partial charge in [-0.15, -0.1) is 0 Å². The zero-order valence-electron chi connectivity index (χ0n) is 13.8. The van der Waals surface area contributed by atoms with Crippen LogP contribution in [0.2, 0.25) is 0 Å². The van der Waals surface area contributed by atoms with Gasteiger partial charge in [0, 0.05) is 36.2 Å². The van der Waals surface area contributed by atoms with Gasteiger partial charge in [0.25, 0.3) is 0 Å². The normalized spacial score (nSPS) is 15.1. The van der Waals surface area contributed by atoms with Gasteiger partial charge >= 0.3 is 0 Å². The molecule has 2 aromatic rings. The summed E-state index contributed by atoms with van der Waals surface area (Å²) in [5.41, 5.74) is 7.64. The lowest BCUT2D eigenvalue weighted by Gasteiger charge is -2.26. The van der Waals surface area contributed by atoms with Gasteiger partial charge in [0.1, 0.15) is 18.0 Å². The minimum Gasteiger partial charge on any atom is -0.383 e. The molecule has 3 rings (SSSR count). The lowest BCUT2D eigenvalue weighted by Crippen LogP contribution is -2.39. The lowest BCUT2D eigenvalue weighted by atomic mass is 10.0. The van der Waals surface area contributed by atoms with Gasteiger partial charge < -0.3 is 15.8 Å². The predicted octanol–water partition coefficient (Wildman–Crippen LogP) is 1.98. The van der Waals surface area contributed by atoms with Crippen LogP contribution in [0.1, 0.15) is 11.1 Å². The number of nitrogens with two attached hydrogens (primary N) is 1. The Bertz CT molecular complexity index is 730. The topological polar surface area (TPSA) is 100 Å². The Kier molecular flexibility index (Phi) is 5.95. The van der Waals surface area contributed by atoms with E-state index in [9.17, 15) is 0 Å². The fraction of sp³-hybridized carbons (Fsp3) is 0.353. The highest BCUT2D eigenvalue weighted by atomic mass is 79.9. The molecule has 1 aromatic heterocycles. The third-order valence-corrected chi connectivity index (χ3v) is 4.61. The number of morpholine rings is 1. The molecule has 4 N–H and O–H groups in total. The molecule has 0 amide bonds. The maximum atomic E-state index is 8.51. The minimum atomic E-state index is 0.303. The van der Waals surface area contributed by atoms with Gasteiger partial charge in [-0.1, -0.05) is 28.1 Å². The third kappa shape index (κ3) is 4.53. The molecule has 0 atom stereocenters. The van der Waals surface area contributed by atoms with Crippen molar-refractivity contribution in [1.29, 1.82) is 5.41 Å². The van der Waals surface area contributed by atoms with Gasteiger partial charge in [-0.3, -0.25) is 10.3 Å². The molecule has 132 valence electrons. The van der Waals surface area contributed by atoms with E-state index in [2.05, 4.69) is 36.1 Å². The zero-order valence-corrected chi connectivity index (χ0v) is 15.4. The molecule has 0 bridgehead atoms. The largest absolute Gasteiger partial charge is 0.383 e. The van der Waals surface area contributed by atoms with Crippen LogP contribution in [0.4, 0.5) is 11.6 Å². The molecule has 1 saturated heterocycles. The lowest BCUT2D eigenvalue weighted by molar-refractivity contribution is 0.0398. The monoisotopic (exact) mass is 404 g/mol. The fourth-order valence-corrected chi connectivity index (χ4v) is 2.96. The Morgan fingerprint density at radius 2 is 1.96 bits per heavy atom. The number of benzene rings is 1. The number of hydrogen-bond acceptors (Lipinski definition) is 7. The first-order valence-corrected chi connectivity index (χ1v) is 8.94. The van der Waals surface area contributed by atoms with Crippen LogP contribution in [0.15, 0.2) is 35.1 Å². The molecule has 7 nitrogen and oxygen atoms in total. The molecule has 0 aliphatic carbocycles. The summed E-state index contributed by atoms with van der Waals surface area (Å²) in [5, 5.41) is 11.8. The number of hydrogen-bond donors (Lipinski definition) is 3. The van der Waals surface area contributed by atoms with Crippen molar-refractivity contribution in [1.82, 2.24) is 14.9 Å². The molecule has 1 fully saturated rings. The maximum absolute atomic E-state index is 8.51. The molecule has 2 heterocycles. The molecular formula is C17H21BrN6O. The zero-order chi connectivity index (χ0) is 17.6. The van der Waals surface area contributed by atoms with Crippen molar-refractivity contribution in [2.75, 3.05) is 50.4 Å². The van der Waals surface area contributed by atoms with E-state index in [4.69, 9.17) is 15.9 Å². The molecule has 0 saturated carbocycles. The van der Waals surface area contributed by atoms with Crippen LogP contribution in [0.5, 0.6) is 0 Å². The molecule has 0 unspecified atom stereocenters. The number of nitrogens with zero attached hydrogens (tertiary/aromatic N) is 3. The van der Waals surface area contributed by atoms with Gasteiger partial charge in [0.05, 0.1) is 24.5 Å². The molecule has 1 aliphatic rings. The Morgan fingerprint density at radius 1 is 1.24 bits per heavy atom. The van der Waals surface area contributed by atoms with E-state index in [1.165, 1.54) is 6.33 Å². The molecule has 0 spiro atoms. The Hall–Kier alpha value is -2.03. The van der Waals surface area contributed by atoms with Crippen LogP contribution in [0.3, 0.4) is 0 Å². The number of nitrogen functional groups attached to an aromatic ring is 1. The summed E-state index contributed by atoms with van der Waals surface area (Å²) in [7, 11) is 0. The smallest absolute Gasteiger partial charge is 0.141 e. The molecule has 0 radical (unpaired) electrons. The summed E-state index contributed by atoms with van der Waals surface area (Å²) in [6.07, 6.45) is 1.42. The van der Waals surface area contributed by atoms with Gasteiger partial charge in [-0.05, 0) is 12.1 Å². The summed E-state index contributed by atoms with van der Waals surface area (Å²) in [4.78, 5) is 10.7. The van der Waals surface area contributed by atoms with Crippen LogP contribution in [0, 0.1) is 5.41 Å². The summed E-state index contributed by atoms with van der Waals surface area (Å²) >= 11 is 3.41. The van der Waals surface area contributed by atoms with E-state index in [0.717, 1.165) is 49.4 Å². The highest BCUT2D eigenvalue weighted by molar-refractivity contribution is 9.10. The van der Waals surface area contributed by atoms with Crippen molar-refractivity contribution in [3.8, 4) is 0 Å². The van der Waals surface area contributed by atoms with Crippen LogP contribution in [-0.4, -0.2) is 60.0 Å². The average Bonchev–Trinajstić information content (AvgIpc) is 2.63. The highest BCUT2D eigenvalue weighted by Crippen LogP contribution is 2.22. The maximum Gasteiger partial charge on any atom is 0.141 e. The van der Waals surface area contributed by atoms with Crippen molar-refractivity contribution in [3.63, 3.8) is 0 Å². The first-order chi connectivity index (χ1) is 12.1. The predicted molar refractivity (Wildman–Crippen MR) is 102 cm³/mol. The third-order valence-electron chi connectivity index (χ3n) is 4.08.